The summed E-state index contributed by atoms with van der Waals surface area (Å²) in [6.45, 7) is 0.756. The van der Waals surface area contributed by atoms with Crippen molar-refractivity contribution in [1.29, 1.82) is 0 Å². The molecule has 1 aliphatic rings. The largest absolute Gasteiger partial charge is 0.330 e. The van der Waals surface area contributed by atoms with Crippen molar-refractivity contribution in [3.8, 4) is 0 Å². The molecule has 1 aromatic carbocycles. The number of hydrogen-bond donors (Lipinski definition) is 1. The molecule has 82 valence electrons. The van der Waals surface area contributed by atoms with E-state index in [1.54, 1.807) is 6.07 Å². The van der Waals surface area contributed by atoms with E-state index in [-0.39, 0.29) is 0 Å². The van der Waals surface area contributed by atoms with E-state index < -0.39 is 0 Å². The van der Waals surface area contributed by atoms with Crippen LogP contribution in [0.3, 0.4) is 0 Å². The van der Waals surface area contributed by atoms with Crippen LogP contribution in [0.1, 0.15) is 24.8 Å². The zero-order valence-electron chi connectivity index (χ0n) is 8.60. The van der Waals surface area contributed by atoms with Crippen LogP contribution in [-0.2, 0) is 6.42 Å². The van der Waals surface area contributed by atoms with Crippen LogP contribution < -0.4 is 5.73 Å². The van der Waals surface area contributed by atoms with Gasteiger partial charge in [0.25, 0.3) is 0 Å². The van der Waals surface area contributed by atoms with Gasteiger partial charge in [0.15, 0.2) is 0 Å². The van der Waals surface area contributed by atoms with Crippen LogP contribution in [0.5, 0.6) is 0 Å². The highest BCUT2D eigenvalue weighted by Crippen LogP contribution is 2.43. The number of rotatable bonds is 3. The van der Waals surface area contributed by atoms with Crippen LogP contribution in [0.4, 0.5) is 0 Å². The Kier molecular flexibility index (Phi) is 3.24. The summed E-state index contributed by atoms with van der Waals surface area (Å²) in [5.41, 5.74) is 7.30. The topological polar surface area (TPSA) is 26.0 Å². The molecule has 3 heteroatoms. The Morgan fingerprint density at radius 3 is 2.47 bits per heavy atom. The molecule has 1 aliphatic carbocycles. The Morgan fingerprint density at radius 2 is 2.00 bits per heavy atom. The summed E-state index contributed by atoms with van der Waals surface area (Å²) in [6.07, 6.45) is 4.73. The minimum Gasteiger partial charge on any atom is -0.330 e. The van der Waals surface area contributed by atoms with Gasteiger partial charge in [-0.2, -0.15) is 0 Å². The molecule has 0 saturated heterocycles. The Bertz CT molecular complexity index is 353. The number of hydrogen-bond acceptors (Lipinski definition) is 1. The molecule has 0 atom stereocenters. The van der Waals surface area contributed by atoms with Crippen LogP contribution in [0.2, 0.25) is 10.0 Å². The SMILES string of the molecule is NCC1(Cc2ccc(Cl)cc2Cl)CCC1. The Morgan fingerprint density at radius 1 is 1.27 bits per heavy atom. The zero-order chi connectivity index (χ0) is 10.9. The third kappa shape index (κ3) is 2.30. The average Bonchev–Trinajstić information content (AvgIpc) is 2.14. The summed E-state index contributed by atoms with van der Waals surface area (Å²) in [7, 11) is 0. The molecule has 0 amide bonds. The lowest BCUT2D eigenvalue weighted by Crippen LogP contribution is -2.39. The quantitative estimate of drug-likeness (QED) is 0.862. The minimum absolute atomic E-state index is 0.303. The predicted octanol–water partition coefficient (Wildman–Crippen LogP) is 3.66. The van der Waals surface area contributed by atoms with Crippen molar-refractivity contribution in [3.05, 3.63) is 33.8 Å². The molecule has 1 saturated carbocycles. The summed E-state index contributed by atoms with van der Waals surface area (Å²) < 4.78 is 0. The summed E-state index contributed by atoms with van der Waals surface area (Å²) in [5, 5.41) is 1.46. The zero-order valence-corrected chi connectivity index (χ0v) is 10.1. The van der Waals surface area contributed by atoms with E-state index in [4.69, 9.17) is 28.9 Å². The summed E-state index contributed by atoms with van der Waals surface area (Å²) in [5.74, 6) is 0. The molecule has 15 heavy (non-hydrogen) atoms. The van der Waals surface area contributed by atoms with Crippen molar-refractivity contribution in [2.75, 3.05) is 6.54 Å². The van der Waals surface area contributed by atoms with Crippen molar-refractivity contribution in [2.45, 2.75) is 25.7 Å². The molecule has 0 aromatic heterocycles. The monoisotopic (exact) mass is 243 g/mol. The summed E-state index contributed by atoms with van der Waals surface area (Å²) in [6, 6.07) is 5.72. The van der Waals surface area contributed by atoms with Crippen molar-refractivity contribution in [3.63, 3.8) is 0 Å². The first kappa shape index (κ1) is 11.3. The summed E-state index contributed by atoms with van der Waals surface area (Å²) in [4.78, 5) is 0. The standard InChI is InChI=1S/C12H15Cl2N/c13-10-3-2-9(11(14)6-10)7-12(8-15)4-1-5-12/h2-3,6H,1,4-5,7-8,15H2. The molecule has 0 radical (unpaired) electrons. The summed E-state index contributed by atoms with van der Waals surface area (Å²) >= 11 is 12.0. The van der Waals surface area contributed by atoms with E-state index in [9.17, 15) is 0 Å². The average molecular weight is 244 g/mol. The van der Waals surface area contributed by atoms with Gasteiger partial charge in [0, 0.05) is 10.0 Å². The van der Waals surface area contributed by atoms with Gasteiger partial charge < -0.3 is 5.73 Å². The van der Waals surface area contributed by atoms with Crippen molar-refractivity contribution in [2.24, 2.45) is 11.1 Å². The van der Waals surface area contributed by atoms with E-state index in [0.29, 0.717) is 10.4 Å². The molecule has 1 nitrogen and oxygen atoms in total. The lowest BCUT2D eigenvalue weighted by molar-refractivity contribution is 0.145. The van der Waals surface area contributed by atoms with Crippen molar-refractivity contribution in [1.82, 2.24) is 0 Å². The first-order chi connectivity index (χ1) is 7.15. The van der Waals surface area contributed by atoms with Gasteiger partial charge in [-0.25, -0.2) is 0 Å². The Hall–Kier alpha value is -0.240. The molecular weight excluding hydrogens is 229 g/mol. The first-order valence-electron chi connectivity index (χ1n) is 5.29. The molecule has 2 N–H and O–H groups in total. The van der Waals surface area contributed by atoms with E-state index in [2.05, 4.69) is 0 Å². The fourth-order valence-corrected chi connectivity index (χ4v) is 2.67. The number of nitrogens with two attached hydrogens (primary N) is 1. The molecule has 0 heterocycles. The molecule has 0 unspecified atom stereocenters. The lowest BCUT2D eigenvalue weighted by atomic mass is 9.65. The van der Waals surface area contributed by atoms with Crippen LogP contribution in [0.15, 0.2) is 18.2 Å². The van der Waals surface area contributed by atoms with Crippen LogP contribution in [0, 0.1) is 5.41 Å². The van der Waals surface area contributed by atoms with Crippen molar-refractivity contribution < 1.29 is 0 Å². The molecule has 2 rings (SSSR count). The molecule has 0 bridgehead atoms. The maximum absolute atomic E-state index is 6.15. The second-order valence-electron chi connectivity index (χ2n) is 4.47. The Balaban J connectivity index is 2.16. The predicted molar refractivity (Wildman–Crippen MR) is 65.5 cm³/mol. The molecule has 0 aliphatic heterocycles. The van der Waals surface area contributed by atoms with Crippen LogP contribution in [-0.4, -0.2) is 6.54 Å². The van der Waals surface area contributed by atoms with Gasteiger partial charge >= 0.3 is 0 Å². The van der Waals surface area contributed by atoms with Crippen molar-refractivity contribution >= 4 is 23.2 Å². The van der Waals surface area contributed by atoms with Gasteiger partial charge in [-0.1, -0.05) is 35.7 Å². The van der Waals surface area contributed by atoms with Crippen LogP contribution in [0.25, 0.3) is 0 Å². The highest BCUT2D eigenvalue weighted by molar-refractivity contribution is 6.35. The smallest absolute Gasteiger partial charge is 0.0453 e. The van der Waals surface area contributed by atoms with Gasteiger partial charge in [0.2, 0.25) is 0 Å². The second-order valence-corrected chi connectivity index (χ2v) is 5.31. The van der Waals surface area contributed by atoms with Gasteiger partial charge in [-0.05, 0) is 48.9 Å². The molecule has 1 fully saturated rings. The Labute approximate surface area is 101 Å². The molecule has 1 aromatic rings. The van der Waals surface area contributed by atoms with Gasteiger partial charge in [0.1, 0.15) is 0 Å². The highest BCUT2D eigenvalue weighted by Gasteiger charge is 2.35. The third-order valence-electron chi connectivity index (χ3n) is 3.43. The normalized spacial score (nSPS) is 18.6. The fourth-order valence-electron chi connectivity index (χ4n) is 2.20. The van der Waals surface area contributed by atoms with Gasteiger partial charge in [-0.3, -0.25) is 0 Å². The van der Waals surface area contributed by atoms with Crippen LogP contribution >= 0.6 is 23.2 Å². The van der Waals surface area contributed by atoms with Gasteiger partial charge in [0.05, 0.1) is 0 Å². The first-order valence-corrected chi connectivity index (χ1v) is 6.05. The van der Waals surface area contributed by atoms with E-state index in [1.807, 2.05) is 12.1 Å². The van der Waals surface area contributed by atoms with E-state index >= 15 is 0 Å². The number of halogens is 2. The lowest BCUT2D eigenvalue weighted by Gasteiger charge is -2.41. The number of benzene rings is 1. The van der Waals surface area contributed by atoms with Gasteiger partial charge in [-0.15, -0.1) is 0 Å². The fraction of sp³-hybridized carbons (Fsp3) is 0.500. The maximum atomic E-state index is 6.15. The minimum atomic E-state index is 0.303. The van der Waals surface area contributed by atoms with E-state index in [0.717, 1.165) is 18.0 Å². The third-order valence-corrected chi connectivity index (χ3v) is 4.01. The van der Waals surface area contributed by atoms with E-state index in [1.165, 1.54) is 24.8 Å². The molecular formula is C12H15Cl2N. The second kappa shape index (κ2) is 4.32. The maximum Gasteiger partial charge on any atom is 0.0453 e. The molecule has 0 spiro atoms. The highest BCUT2D eigenvalue weighted by atomic mass is 35.5.